The third-order valence-electron chi connectivity index (χ3n) is 3.58. The minimum absolute atomic E-state index is 0.00685. The summed E-state index contributed by atoms with van der Waals surface area (Å²) in [6, 6.07) is 12.1. The highest BCUT2D eigenvalue weighted by atomic mass is 35.5. The maximum Gasteiger partial charge on any atom is 0.270 e. The fourth-order valence-corrected chi connectivity index (χ4v) is 2.66. The van der Waals surface area contributed by atoms with Crippen LogP contribution in [0.3, 0.4) is 0 Å². The first-order valence-electron chi connectivity index (χ1n) is 7.09. The molecule has 0 aliphatic rings. The van der Waals surface area contributed by atoms with E-state index in [0.29, 0.717) is 10.7 Å². The zero-order valence-corrected chi connectivity index (χ0v) is 13.1. The first-order chi connectivity index (χ1) is 11.1. The summed E-state index contributed by atoms with van der Waals surface area (Å²) in [4.78, 5) is 28.9. The largest absolute Gasteiger partial charge is 0.345 e. The molecule has 0 unspecified atom stereocenters. The molecule has 0 fully saturated rings. The second-order valence-electron chi connectivity index (χ2n) is 5.12. The van der Waals surface area contributed by atoms with Gasteiger partial charge >= 0.3 is 0 Å². The van der Waals surface area contributed by atoms with Crippen molar-refractivity contribution >= 4 is 23.2 Å². The van der Waals surface area contributed by atoms with Crippen molar-refractivity contribution in [2.75, 3.05) is 0 Å². The van der Waals surface area contributed by atoms with Gasteiger partial charge in [0.2, 0.25) is 0 Å². The van der Waals surface area contributed by atoms with Crippen LogP contribution < -0.4 is 10.9 Å². The van der Waals surface area contributed by atoms with E-state index in [1.54, 1.807) is 30.5 Å². The summed E-state index contributed by atoms with van der Waals surface area (Å²) in [5, 5.41) is 3.35. The van der Waals surface area contributed by atoms with Gasteiger partial charge in [-0.2, -0.15) is 0 Å². The van der Waals surface area contributed by atoms with Crippen LogP contribution in [0.5, 0.6) is 0 Å². The van der Waals surface area contributed by atoms with Crippen molar-refractivity contribution in [2.45, 2.75) is 13.0 Å². The topological polar surface area (TPSA) is 63.5 Å². The van der Waals surface area contributed by atoms with Crippen LogP contribution in [0, 0.1) is 0 Å². The number of amides is 1. The molecular weight excluding hydrogens is 314 g/mol. The molecule has 23 heavy (non-hydrogen) atoms. The van der Waals surface area contributed by atoms with Gasteiger partial charge in [0.05, 0.1) is 6.04 Å². The molecule has 0 saturated carbocycles. The Morgan fingerprint density at radius 1 is 1.22 bits per heavy atom. The van der Waals surface area contributed by atoms with Gasteiger partial charge in [-0.3, -0.25) is 14.0 Å². The number of carbonyl (C=O) groups excluding carboxylic acids is 1. The highest BCUT2D eigenvalue weighted by molar-refractivity contribution is 6.31. The third kappa shape index (κ3) is 2.96. The van der Waals surface area contributed by atoms with E-state index < -0.39 is 11.5 Å². The minimum atomic E-state index is -0.479. The fraction of sp³-hybridized carbons (Fsp3) is 0.118. The van der Waals surface area contributed by atoms with E-state index in [4.69, 9.17) is 11.6 Å². The van der Waals surface area contributed by atoms with E-state index >= 15 is 0 Å². The molecule has 0 radical (unpaired) electrons. The van der Waals surface area contributed by atoms with Crippen LogP contribution in [0.25, 0.3) is 5.65 Å². The molecule has 1 atom stereocenters. The Balaban J connectivity index is 1.91. The number of pyridine rings is 1. The van der Waals surface area contributed by atoms with E-state index in [1.165, 1.54) is 10.6 Å². The van der Waals surface area contributed by atoms with Crippen LogP contribution >= 0.6 is 11.6 Å². The van der Waals surface area contributed by atoms with Gasteiger partial charge in [-0.1, -0.05) is 35.9 Å². The van der Waals surface area contributed by atoms with Crippen LogP contribution in [-0.2, 0) is 0 Å². The van der Waals surface area contributed by atoms with Crippen LogP contribution in [0.15, 0.2) is 59.7 Å². The van der Waals surface area contributed by atoms with E-state index in [-0.39, 0.29) is 11.6 Å². The third-order valence-corrected chi connectivity index (χ3v) is 3.92. The molecule has 0 saturated heterocycles. The van der Waals surface area contributed by atoms with Crippen molar-refractivity contribution in [2.24, 2.45) is 0 Å². The standard InChI is InChI=1S/C17H14ClN3O2/c1-11(12-6-2-3-7-14(12)18)20-16(22)13-10-19-15-8-4-5-9-21(15)17(13)23/h2-11H,1H3,(H,20,22)/t11-/m0/s1. The number of aromatic nitrogens is 2. The number of hydrogen-bond acceptors (Lipinski definition) is 3. The van der Waals surface area contributed by atoms with Crippen molar-refractivity contribution in [3.05, 3.63) is 81.4 Å². The lowest BCUT2D eigenvalue weighted by Crippen LogP contribution is -2.33. The van der Waals surface area contributed by atoms with Gasteiger partial charge in [0.25, 0.3) is 11.5 Å². The number of benzene rings is 1. The Morgan fingerprint density at radius 2 is 1.96 bits per heavy atom. The first kappa shape index (κ1) is 15.2. The smallest absolute Gasteiger partial charge is 0.270 e. The van der Waals surface area contributed by atoms with Crippen molar-refractivity contribution in [3.8, 4) is 0 Å². The molecular formula is C17H14ClN3O2. The van der Waals surface area contributed by atoms with E-state index in [9.17, 15) is 9.59 Å². The SMILES string of the molecule is C[C@H](NC(=O)c1cnc2ccccn2c1=O)c1ccccc1Cl. The van der Waals surface area contributed by atoms with E-state index in [0.717, 1.165) is 5.56 Å². The Hall–Kier alpha value is -2.66. The molecule has 3 rings (SSSR count). The van der Waals surface area contributed by atoms with Crippen LogP contribution in [0.1, 0.15) is 28.9 Å². The van der Waals surface area contributed by atoms with Gasteiger partial charge in [-0.05, 0) is 30.7 Å². The van der Waals surface area contributed by atoms with Crippen molar-refractivity contribution in [1.82, 2.24) is 14.7 Å². The predicted octanol–water partition coefficient (Wildman–Crippen LogP) is 2.84. The molecule has 3 aromatic rings. The molecule has 116 valence electrons. The average molecular weight is 328 g/mol. The summed E-state index contributed by atoms with van der Waals surface area (Å²) in [6.07, 6.45) is 2.88. The van der Waals surface area contributed by atoms with Crippen molar-refractivity contribution in [3.63, 3.8) is 0 Å². The summed E-state index contributed by atoms with van der Waals surface area (Å²) < 4.78 is 1.34. The fourth-order valence-electron chi connectivity index (χ4n) is 2.36. The van der Waals surface area contributed by atoms with Gasteiger partial charge < -0.3 is 5.32 Å². The number of hydrogen-bond donors (Lipinski definition) is 1. The zero-order chi connectivity index (χ0) is 16.4. The van der Waals surface area contributed by atoms with Gasteiger partial charge in [0.1, 0.15) is 11.2 Å². The second kappa shape index (κ2) is 6.22. The molecule has 2 aromatic heterocycles. The van der Waals surface area contributed by atoms with Crippen molar-refractivity contribution in [1.29, 1.82) is 0 Å². The van der Waals surface area contributed by atoms with Crippen LogP contribution in [0.4, 0.5) is 0 Å². The zero-order valence-electron chi connectivity index (χ0n) is 12.4. The van der Waals surface area contributed by atoms with Crippen molar-refractivity contribution < 1.29 is 4.79 Å². The van der Waals surface area contributed by atoms with Gasteiger partial charge in [-0.25, -0.2) is 4.98 Å². The number of rotatable bonds is 3. The lowest BCUT2D eigenvalue weighted by atomic mass is 10.1. The van der Waals surface area contributed by atoms with Gasteiger partial charge in [0.15, 0.2) is 0 Å². The van der Waals surface area contributed by atoms with E-state index in [2.05, 4.69) is 10.3 Å². The second-order valence-corrected chi connectivity index (χ2v) is 5.53. The Kier molecular flexibility index (Phi) is 4.12. The highest BCUT2D eigenvalue weighted by Crippen LogP contribution is 2.22. The summed E-state index contributed by atoms with van der Waals surface area (Å²) in [5.41, 5.74) is 0.872. The first-order valence-corrected chi connectivity index (χ1v) is 7.47. The summed E-state index contributed by atoms with van der Waals surface area (Å²) >= 11 is 6.13. The van der Waals surface area contributed by atoms with Gasteiger partial charge in [0, 0.05) is 17.4 Å². The Labute approximate surface area is 137 Å². The highest BCUT2D eigenvalue weighted by Gasteiger charge is 2.17. The lowest BCUT2D eigenvalue weighted by molar-refractivity contribution is 0.0938. The summed E-state index contributed by atoms with van der Waals surface area (Å²) in [6.45, 7) is 1.81. The molecule has 6 heteroatoms. The molecule has 0 bridgehead atoms. The van der Waals surface area contributed by atoms with E-state index in [1.807, 2.05) is 25.1 Å². The quantitative estimate of drug-likeness (QED) is 0.804. The molecule has 0 aliphatic carbocycles. The maximum absolute atomic E-state index is 12.4. The molecule has 1 aromatic carbocycles. The molecule has 2 heterocycles. The Bertz CT molecular complexity index is 936. The Morgan fingerprint density at radius 3 is 2.74 bits per heavy atom. The number of nitrogens with zero attached hydrogens (tertiary/aromatic N) is 2. The molecule has 1 amide bonds. The maximum atomic E-state index is 12.4. The van der Waals surface area contributed by atoms with Crippen LogP contribution in [0.2, 0.25) is 5.02 Å². The lowest BCUT2D eigenvalue weighted by Gasteiger charge is -2.15. The van der Waals surface area contributed by atoms with Crippen LogP contribution in [-0.4, -0.2) is 15.3 Å². The predicted molar refractivity (Wildman–Crippen MR) is 88.8 cm³/mol. The summed E-state index contributed by atoms with van der Waals surface area (Å²) in [7, 11) is 0. The number of fused-ring (bicyclic) bond motifs is 1. The number of nitrogens with one attached hydrogen (secondary N) is 1. The normalized spacial score (nSPS) is 12.1. The monoisotopic (exact) mass is 327 g/mol. The number of halogens is 1. The summed E-state index contributed by atoms with van der Waals surface area (Å²) in [5.74, 6) is -0.479. The molecule has 0 aliphatic heterocycles. The number of carbonyl (C=O) groups is 1. The minimum Gasteiger partial charge on any atom is -0.345 e. The molecule has 0 spiro atoms. The average Bonchev–Trinajstić information content (AvgIpc) is 2.55. The van der Waals surface area contributed by atoms with Gasteiger partial charge in [-0.15, -0.1) is 0 Å². The molecule has 1 N–H and O–H groups in total. The molecule has 5 nitrogen and oxygen atoms in total.